The third kappa shape index (κ3) is 3.39. The van der Waals surface area contributed by atoms with Crippen molar-refractivity contribution in [3.05, 3.63) is 47.5 Å². The highest BCUT2D eigenvalue weighted by atomic mass is 16.1. The Bertz CT molecular complexity index is 754. The van der Waals surface area contributed by atoms with E-state index in [0.29, 0.717) is 6.54 Å². The van der Waals surface area contributed by atoms with Crippen LogP contribution in [0.4, 0.5) is 0 Å². The Morgan fingerprint density at radius 2 is 1.91 bits per heavy atom. The Morgan fingerprint density at radius 3 is 2.43 bits per heavy atom. The first-order chi connectivity index (χ1) is 10.7. The molecule has 23 heavy (non-hydrogen) atoms. The number of rotatable bonds is 5. The Hall–Kier alpha value is -2.68. The van der Waals surface area contributed by atoms with Gasteiger partial charge in [-0.3, -0.25) is 4.79 Å². The second-order valence-corrected chi connectivity index (χ2v) is 6.74. The van der Waals surface area contributed by atoms with E-state index in [1.165, 1.54) is 6.33 Å². The molecule has 0 unspecified atom stereocenters. The molecular formula is C17H21N5O. The predicted octanol–water partition coefficient (Wildman–Crippen LogP) is 1.89. The van der Waals surface area contributed by atoms with Gasteiger partial charge in [-0.1, -0.05) is 18.2 Å². The third-order valence-electron chi connectivity index (χ3n) is 4.14. The fourth-order valence-electron chi connectivity index (χ4n) is 2.21. The lowest BCUT2D eigenvalue weighted by Gasteiger charge is -2.25. The van der Waals surface area contributed by atoms with Gasteiger partial charge >= 0.3 is 0 Å². The van der Waals surface area contributed by atoms with Crippen LogP contribution in [0.3, 0.4) is 0 Å². The van der Waals surface area contributed by atoms with Crippen LogP contribution in [0.15, 0.2) is 30.9 Å². The standard InChI is InChI=1S/C17H21N5O/c1-16(2,9-18)13-5-12(8-22-11-20-10-21-22)6-14(7-13)17(3,4)15(19)23/h5-7,10-11H,8H2,1-4H3,(H2,19,23). The summed E-state index contributed by atoms with van der Waals surface area (Å²) in [7, 11) is 0. The molecule has 1 aromatic carbocycles. The van der Waals surface area contributed by atoms with Gasteiger partial charge in [0.25, 0.3) is 0 Å². The zero-order chi connectivity index (χ0) is 17.3. The number of nitriles is 1. The first kappa shape index (κ1) is 16.7. The number of hydrogen-bond donors (Lipinski definition) is 1. The molecule has 0 bridgehead atoms. The van der Waals surface area contributed by atoms with Gasteiger partial charge in [-0.05, 0) is 44.4 Å². The molecule has 120 valence electrons. The quantitative estimate of drug-likeness (QED) is 0.911. The van der Waals surface area contributed by atoms with Crippen molar-refractivity contribution in [1.82, 2.24) is 14.8 Å². The first-order valence-corrected chi connectivity index (χ1v) is 7.35. The monoisotopic (exact) mass is 311 g/mol. The van der Waals surface area contributed by atoms with E-state index in [1.54, 1.807) is 24.9 Å². The van der Waals surface area contributed by atoms with Crippen LogP contribution in [0, 0.1) is 11.3 Å². The molecule has 0 fully saturated rings. The maximum atomic E-state index is 11.8. The second-order valence-electron chi connectivity index (χ2n) is 6.74. The van der Waals surface area contributed by atoms with Crippen LogP contribution in [0.5, 0.6) is 0 Å². The Morgan fingerprint density at radius 1 is 1.26 bits per heavy atom. The van der Waals surface area contributed by atoms with E-state index >= 15 is 0 Å². The molecule has 0 spiro atoms. The van der Waals surface area contributed by atoms with Crippen LogP contribution in [0.2, 0.25) is 0 Å². The van der Waals surface area contributed by atoms with E-state index in [0.717, 1.165) is 16.7 Å². The predicted molar refractivity (Wildman–Crippen MR) is 86.4 cm³/mol. The Balaban J connectivity index is 2.57. The molecule has 6 heteroatoms. The van der Waals surface area contributed by atoms with Gasteiger partial charge in [0.05, 0.1) is 23.4 Å². The van der Waals surface area contributed by atoms with Crippen LogP contribution in [0.25, 0.3) is 0 Å². The minimum Gasteiger partial charge on any atom is -0.369 e. The number of benzene rings is 1. The molecule has 0 saturated carbocycles. The lowest BCUT2D eigenvalue weighted by atomic mass is 9.78. The number of nitrogens with two attached hydrogens (primary N) is 1. The number of carbonyl (C=O) groups is 1. The van der Waals surface area contributed by atoms with Crippen molar-refractivity contribution < 1.29 is 4.79 Å². The van der Waals surface area contributed by atoms with Gasteiger partial charge in [0, 0.05) is 0 Å². The second kappa shape index (κ2) is 5.84. The molecule has 1 heterocycles. The lowest BCUT2D eigenvalue weighted by molar-refractivity contribution is -0.122. The summed E-state index contributed by atoms with van der Waals surface area (Å²) in [6, 6.07) is 8.09. The van der Waals surface area contributed by atoms with Gasteiger partial charge in [0.15, 0.2) is 0 Å². The fourth-order valence-corrected chi connectivity index (χ4v) is 2.21. The molecule has 2 aromatic rings. The highest BCUT2D eigenvalue weighted by Crippen LogP contribution is 2.30. The summed E-state index contributed by atoms with van der Waals surface area (Å²) in [5, 5.41) is 13.5. The van der Waals surface area contributed by atoms with Crippen LogP contribution in [-0.2, 0) is 22.2 Å². The van der Waals surface area contributed by atoms with E-state index in [2.05, 4.69) is 16.2 Å². The minimum atomic E-state index is -0.821. The van der Waals surface area contributed by atoms with Gasteiger partial charge in [-0.2, -0.15) is 10.4 Å². The van der Waals surface area contributed by atoms with Crippen molar-refractivity contribution >= 4 is 5.91 Å². The first-order valence-electron chi connectivity index (χ1n) is 7.35. The largest absolute Gasteiger partial charge is 0.369 e. The molecule has 0 aliphatic heterocycles. The van der Waals surface area contributed by atoms with Crippen molar-refractivity contribution in [1.29, 1.82) is 5.26 Å². The summed E-state index contributed by atoms with van der Waals surface area (Å²) in [5.74, 6) is -0.406. The van der Waals surface area contributed by atoms with Gasteiger partial charge in [0.1, 0.15) is 12.7 Å². The summed E-state index contributed by atoms with van der Waals surface area (Å²) >= 11 is 0. The summed E-state index contributed by atoms with van der Waals surface area (Å²) in [6.07, 6.45) is 3.10. The van der Waals surface area contributed by atoms with Gasteiger partial charge in [0.2, 0.25) is 5.91 Å². The van der Waals surface area contributed by atoms with Crippen molar-refractivity contribution in [2.75, 3.05) is 0 Å². The van der Waals surface area contributed by atoms with Crippen molar-refractivity contribution in [2.45, 2.75) is 45.1 Å². The van der Waals surface area contributed by atoms with Gasteiger partial charge in [-0.15, -0.1) is 0 Å². The van der Waals surface area contributed by atoms with Crippen molar-refractivity contribution in [3.8, 4) is 6.07 Å². The van der Waals surface area contributed by atoms with Crippen LogP contribution in [0.1, 0.15) is 44.4 Å². The molecule has 0 atom stereocenters. The van der Waals surface area contributed by atoms with Crippen LogP contribution in [-0.4, -0.2) is 20.7 Å². The third-order valence-corrected chi connectivity index (χ3v) is 4.14. The summed E-state index contributed by atoms with van der Waals surface area (Å²) in [5.41, 5.74) is 6.65. The van der Waals surface area contributed by atoms with Gasteiger partial charge in [-0.25, -0.2) is 9.67 Å². The molecule has 0 aliphatic rings. The molecule has 0 radical (unpaired) electrons. The SMILES string of the molecule is CC(C)(C#N)c1cc(Cn2cncn2)cc(C(C)(C)C(N)=O)c1. The highest BCUT2D eigenvalue weighted by Gasteiger charge is 2.30. The summed E-state index contributed by atoms with van der Waals surface area (Å²) in [4.78, 5) is 15.7. The average molecular weight is 311 g/mol. The van der Waals surface area contributed by atoms with E-state index in [-0.39, 0.29) is 0 Å². The van der Waals surface area contributed by atoms with Crippen molar-refractivity contribution in [2.24, 2.45) is 5.73 Å². The number of carbonyl (C=O) groups excluding carboxylic acids is 1. The fraction of sp³-hybridized carbons (Fsp3) is 0.412. The number of primary amides is 1. The smallest absolute Gasteiger partial charge is 0.227 e. The lowest BCUT2D eigenvalue weighted by Crippen LogP contribution is -2.36. The van der Waals surface area contributed by atoms with Crippen molar-refractivity contribution in [3.63, 3.8) is 0 Å². The number of aromatic nitrogens is 3. The molecule has 1 amide bonds. The Labute approximate surface area is 135 Å². The summed E-state index contributed by atoms with van der Waals surface area (Å²) < 4.78 is 1.69. The maximum absolute atomic E-state index is 11.8. The molecule has 2 N–H and O–H groups in total. The molecular weight excluding hydrogens is 290 g/mol. The Kier molecular flexibility index (Phi) is 4.24. The average Bonchev–Trinajstić information content (AvgIpc) is 2.99. The normalized spacial score (nSPS) is 12.0. The zero-order valence-corrected chi connectivity index (χ0v) is 13.9. The van der Waals surface area contributed by atoms with E-state index < -0.39 is 16.7 Å². The van der Waals surface area contributed by atoms with Crippen LogP contribution < -0.4 is 5.73 Å². The highest BCUT2D eigenvalue weighted by molar-refractivity contribution is 5.85. The molecule has 0 saturated heterocycles. The minimum absolute atomic E-state index is 0.406. The summed E-state index contributed by atoms with van der Waals surface area (Å²) in [6.45, 7) is 7.78. The number of amides is 1. The van der Waals surface area contributed by atoms with Crippen LogP contribution >= 0.6 is 0 Å². The molecule has 2 rings (SSSR count). The number of hydrogen-bond acceptors (Lipinski definition) is 4. The van der Waals surface area contributed by atoms with E-state index in [4.69, 9.17) is 5.73 Å². The topological polar surface area (TPSA) is 97.6 Å². The van der Waals surface area contributed by atoms with E-state index in [1.807, 2.05) is 32.0 Å². The molecule has 0 aliphatic carbocycles. The molecule has 1 aromatic heterocycles. The van der Waals surface area contributed by atoms with Gasteiger partial charge < -0.3 is 5.73 Å². The maximum Gasteiger partial charge on any atom is 0.227 e. The molecule has 6 nitrogen and oxygen atoms in total. The zero-order valence-electron chi connectivity index (χ0n) is 13.9. The number of nitrogens with zero attached hydrogens (tertiary/aromatic N) is 4. The van der Waals surface area contributed by atoms with E-state index in [9.17, 15) is 10.1 Å².